The summed E-state index contributed by atoms with van der Waals surface area (Å²) in [5.41, 5.74) is 2.04. The second-order valence-corrected chi connectivity index (χ2v) is 6.88. The van der Waals surface area contributed by atoms with Gasteiger partial charge in [0.15, 0.2) is 0 Å². The number of hydrogen-bond acceptors (Lipinski definition) is 4. The zero-order valence-electron chi connectivity index (χ0n) is 12.9. The Labute approximate surface area is 134 Å². The molecule has 116 valence electrons. The molecule has 0 saturated heterocycles. The number of carbonyl (C=O) groups is 1. The lowest BCUT2D eigenvalue weighted by Crippen LogP contribution is -2.30. The molecule has 0 spiro atoms. The van der Waals surface area contributed by atoms with Gasteiger partial charge < -0.3 is 10.1 Å². The number of benzene rings is 1. The van der Waals surface area contributed by atoms with Gasteiger partial charge in [-0.2, -0.15) is 0 Å². The maximum atomic E-state index is 12.3. The molecule has 2 aromatic rings. The first kappa shape index (κ1) is 15.0. The number of carbonyl (C=O) groups excluding carboxylic acids is 1. The molecule has 1 aromatic carbocycles. The van der Waals surface area contributed by atoms with Gasteiger partial charge in [0.25, 0.3) is 5.91 Å². The Morgan fingerprint density at radius 1 is 1.41 bits per heavy atom. The molecule has 1 amide bonds. The summed E-state index contributed by atoms with van der Waals surface area (Å²) in [6.45, 7) is 5.19. The van der Waals surface area contributed by atoms with Crippen molar-refractivity contribution in [1.82, 2.24) is 10.3 Å². The monoisotopic (exact) mass is 316 g/mol. The van der Waals surface area contributed by atoms with Crippen molar-refractivity contribution in [3.8, 4) is 5.75 Å². The average molecular weight is 316 g/mol. The highest BCUT2D eigenvalue weighted by Gasteiger charge is 2.19. The standard InChI is InChI=1S/C17H20N2O2S/c1-11-16(22-12(2)19-11)17(20)18-10-13-7-8-21-15-6-4-3-5-14(15)9-13/h3-6,13H,7-10H2,1-2H3,(H,18,20). The van der Waals surface area contributed by atoms with Crippen LogP contribution in [-0.2, 0) is 6.42 Å². The molecule has 0 fully saturated rings. The summed E-state index contributed by atoms with van der Waals surface area (Å²) < 4.78 is 5.77. The number of aromatic nitrogens is 1. The quantitative estimate of drug-likeness (QED) is 0.946. The Balaban J connectivity index is 1.62. The molecule has 0 radical (unpaired) electrons. The number of para-hydroxylation sites is 1. The maximum absolute atomic E-state index is 12.3. The molecular formula is C17H20N2O2S. The van der Waals surface area contributed by atoms with Crippen LogP contribution in [0.25, 0.3) is 0 Å². The van der Waals surface area contributed by atoms with E-state index in [0.717, 1.165) is 34.2 Å². The normalized spacial score (nSPS) is 17.3. The van der Waals surface area contributed by atoms with Gasteiger partial charge in [-0.1, -0.05) is 18.2 Å². The molecule has 0 saturated carbocycles. The minimum absolute atomic E-state index is 0.0125. The van der Waals surface area contributed by atoms with Crippen molar-refractivity contribution in [2.45, 2.75) is 26.7 Å². The van der Waals surface area contributed by atoms with E-state index in [-0.39, 0.29) is 5.91 Å². The van der Waals surface area contributed by atoms with E-state index in [1.54, 1.807) is 0 Å². The fourth-order valence-corrected chi connectivity index (χ4v) is 3.63. The Kier molecular flexibility index (Phi) is 4.43. The molecule has 22 heavy (non-hydrogen) atoms. The highest BCUT2D eigenvalue weighted by molar-refractivity contribution is 7.13. The van der Waals surface area contributed by atoms with E-state index in [1.807, 2.05) is 32.0 Å². The van der Waals surface area contributed by atoms with Gasteiger partial charge >= 0.3 is 0 Å². The first-order valence-electron chi connectivity index (χ1n) is 7.56. The van der Waals surface area contributed by atoms with Crippen molar-refractivity contribution < 1.29 is 9.53 Å². The van der Waals surface area contributed by atoms with Crippen molar-refractivity contribution in [3.05, 3.63) is 45.4 Å². The number of hydrogen-bond donors (Lipinski definition) is 1. The molecule has 3 rings (SSSR count). The summed E-state index contributed by atoms with van der Waals surface area (Å²) in [7, 11) is 0. The summed E-state index contributed by atoms with van der Waals surface area (Å²) in [6, 6.07) is 8.15. The van der Waals surface area contributed by atoms with Crippen molar-refractivity contribution in [1.29, 1.82) is 0 Å². The highest BCUT2D eigenvalue weighted by atomic mass is 32.1. The molecule has 0 aliphatic carbocycles. The summed E-state index contributed by atoms with van der Waals surface area (Å²) in [6.07, 6.45) is 1.90. The lowest BCUT2D eigenvalue weighted by molar-refractivity contribution is 0.0948. The molecule has 1 aliphatic heterocycles. The minimum Gasteiger partial charge on any atom is -0.493 e. The lowest BCUT2D eigenvalue weighted by atomic mass is 9.97. The predicted octanol–water partition coefficient (Wildman–Crippen LogP) is 3.13. The van der Waals surface area contributed by atoms with Crippen LogP contribution in [0.5, 0.6) is 5.75 Å². The van der Waals surface area contributed by atoms with E-state index < -0.39 is 0 Å². The first-order valence-corrected chi connectivity index (χ1v) is 8.38. The minimum atomic E-state index is -0.0125. The van der Waals surface area contributed by atoms with Crippen molar-refractivity contribution in [2.75, 3.05) is 13.2 Å². The van der Waals surface area contributed by atoms with E-state index >= 15 is 0 Å². The van der Waals surface area contributed by atoms with Gasteiger partial charge in [0.2, 0.25) is 0 Å². The number of thiazole rings is 1. The van der Waals surface area contributed by atoms with Gasteiger partial charge in [-0.15, -0.1) is 11.3 Å². The van der Waals surface area contributed by atoms with Crippen molar-refractivity contribution >= 4 is 17.2 Å². The van der Waals surface area contributed by atoms with E-state index in [0.29, 0.717) is 19.1 Å². The van der Waals surface area contributed by atoms with E-state index in [4.69, 9.17) is 4.74 Å². The van der Waals surface area contributed by atoms with Gasteiger partial charge in [-0.05, 0) is 44.2 Å². The van der Waals surface area contributed by atoms with Gasteiger partial charge in [0.05, 0.1) is 17.3 Å². The number of fused-ring (bicyclic) bond motifs is 1. The van der Waals surface area contributed by atoms with Crippen LogP contribution < -0.4 is 10.1 Å². The third-order valence-corrected chi connectivity index (χ3v) is 5.00. The third-order valence-electron chi connectivity index (χ3n) is 3.93. The molecule has 1 N–H and O–H groups in total. The van der Waals surface area contributed by atoms with E-state index in [1.165, 1.54) is 16.9 Å². The summed E-state index contributed by atoms with van der Waals surface area (Å²) in [5, 5.41) is 3.99. The highest BCUT2D eigenvalue weighted by Crippen LogP contribution is 2.26. The number of ether oxygens (including phenoxy) is 1. The largest absolute Gasteiger partial charge is 0.493 e. The smallest absolute Gasteiger partial charge is 0.263 e. The maximum Gasteiger partial charge on any atom is 0.263 e. The zero-order chi connectivity index (χ0) is 15.5. The van der Waals surface area contributed by atoms with Crippen LogP contribution in [0.2, 0.25) is 0 Å². The molecule has 0 bridgehead atoms. The lowest BCUT2D eigenvalue weighted by Gasteiger charge is -2.14. The third kappa shape index (κ3) is 3.30. The summed E-state index contributed by atoms with van der Waals surface area (Å²) >= 11 is 1.45. The zero-order valence-corrected chi connectivity index (χ0v) is 13.7. The second kappa shape index (κ2) is 6.48. The molecular weight excluding hydrogens is 296 g/mol. The molecule has 1 unspecified atom stereocenters. The van der Waals surface area contributed by atoms with Crippen LogP contribution in [-0.4, -0.2) is 24.0 Å². The number of rotatable bonds is 3. The molecule has 1 aromatic heterocycles. The molecule has 4 nitrogen and oxygen atoms in total. The van der Waals surface area contributed by atoms with Crippen molar-refractivity contribution in [3.63, 3.8) is 0 Å². The van der Waals surface area contributed by atoms with E-state index in [9.17, 15) is 4.79 Å². The van der Waals surface area contributed by atoms with Gasteiger partial charge in [0.1, 0.15) is 10.6 Å². The number of nitrogens with zero attached hydrogens (tertiary/aromatic N) is 1. The van der Waals surface area contributed by atoms with Crippen LogP contribution in [0, 0.1) is 19.8 Å². The number of nitrogens with one attached hydrogen (secondary N) is 1. The van der Waals surface area contributed by atoms with Crippen LogP contribution in [0.1, 0.15) is 32.4 Å². The molecule has 2 heterocycles. The van der Waals surface area contributed by atoms with Crippen LogP contribution >= 0.6 is 11.3 Å². The van der Waals surface area contributed by atoms with Gasteiger partial charge in [-0.3, -0.25) is 4.79 Å². The molecule has 5 heteroatoms. The van der Waals surface area contributed by atoms with E-state index in [2.05, 4.69) is 16.4 Å². The first-order chi connectivity index (χ1) is 10.6. The SMILES string of the molecule is Cc1nc(C)c(C(=O)NCC2CCOc3ccccc3C2)s1. The second-order valence-electron chi connectivity index (χ2n) is 5.67. The summed E-state index contributed by atoms with van der Waals surface area (Å²) in [5.74, 6) is 1.37. The average Bonchev–Trinajstić information content (AvgIpc) is 2.72. The number of amides is 1. The van der Waals surface area contributed by atoms with Crippen LogP contribution in [0.4, 0.5) is 0 Å². The Morgan fingerprint density at radius 3 is 3.00 bits per heavy atom. The molecule has 1 atom stereocenters. The van der Waals surface area contributed by atoms with Crippen molar-refractivity contribution in [2.24, 2.45) is 5.92 Å². The number of aryl methyl sites for hydroxylation is 2. The topological polar surface area (TPSA) is 51.2 Å². The van der Waals surface area contributed by atoms with Gasteiger partial charge in [0, 0.05) is 6.54 Å². The fraction of sp³-hybridized carbons (Fsp3) is 0.412. The summed E-state index contributed by atoms with van der Waals surface area (Å²) in [4.78, 5) is 17.3. The fourth-order valence-electron chi connectivity index (χ4n) is 2.80. The predicted molar refractivity (Wildman–Crippen MR) is 87.7 cm³/mol. The van der Waals surface area contributed by atoms with Gasteiger partial charge in [-0.25, -0.2) is 4.98 Å². The Hall–Kier alpha value is -1.88. The van der Waals surface area contributed by atoms with Crippen LogP contribution in [0.15, 0.2) is 24.3 Å². The molecule has 1 aliphatic rings. The van der Waals surface area contributed by atoms with Crippen LogP contribution in [0.3, 0.4) is 0 Å². The Morgan fingerprint density at radius 2 is 2.23 bits per heavy atom. The Bertz CT molecular complexity index is 681.